The van der Waals surface area contributed by atoms with Crippen molar-refractivity contribution in [1.82, 2.24) is 14.1 Å². The highest BCUT2D eigenvalue weighted by Crippen LogP contribution is 2.28. The predicted octanol–water partition coefficient (Wildman–Crippen LogP) is 4.14. The smallest absolute Gasteiger partial charge is 0.253 e. The maximum atomic E-state index is 12.8. The molecule has 1 aliphatic rings. The number of anilines is 1. The van der Waals surface area contributed by atoms with Crippen LogP contribution in [-0.2, 0) is 4.79 Å². The molecule has 8 heteroatoms. The van der Waals surface area contributed by atoms with E-state index in [-0.39, 0.29) is 11.8 Å². The summed E-state index contributed by atoms with van der Waals surface area (Å²) in [6, 6.07) is 13.7. The van der Waals surface area contributed by atoms with Crippen LogP contribution in [0.25, 0.3) is 0 Å². The van der Waals surface area contributed by atoms with Crippen LogP contribution in [0.4, 0.5) is 5.69 Å². The Hall–Kier alpha value is -2.55. The van der Waals surface area contributed by atoms with E-state index in [1.807, 2.05) is 37.1 Å². The van der Waals surface area contributed by atoms with Crippen LogP contribution in [-0.4, -0.2) is 79.8 Å². The second kappa shape index (κ2) is 12.2. The highest BCUT2D eigenvalue weighted by molar-refractivity contribution is 7.97. The van der Waals surface area contributed by atoms with E-state index in [1.165, 1.54) is 0 Å². The molecule has 0 atom stereocenters. The first-order valence-corrected chi connectivity index (χ1v) is 12.4. The van der Waals surface area contributed by atoms with E-state index in [2.05, 4.69) is 28.6 Å². The number of amides is 2. The minimum atomic E-state index is -0.0521. The van der Waals surface area contributed by atoms with Crippen molar-refractivity contribution in [2.45, 2.75) is 37.1 Å². The Morgan fingerprint density at radius 1 is 1.09 bits per heavy atom. The van der Waals surface area contributed by atoms with Crippen LogP contribution in [0, 0.1) is 6.92 Å². The van der Waals surface area contributed by atoms with E-state index < -0.39 is 0 Å². The second-order valence-electron chi connectivity index (χ2n) is 8.94. The third-order valence-electron chi connectivity index (χ3n) is 6.19. The lowest BCUT2D eigenvalue weighted by Crippen LogP contribution is -2.44. The molecule has 0 spiro atoms. The molecular weight excluding hydrogens is 448 g/mol. The van der Waals surface area contributed by atoms with Crippen LogP contribution in [0.15, 0.2) is 47.4 Å². The van der Waals surface area contributed by atoms with E-state index >= 15 is 0 Å². The van der Waals surface area contributed by atoms with Gasteiger partial charge in [0.2, 0.25) is 5.91 Å². The molecule has 0 aromatic heterocycles. The zero-order valence-corrected chi connectivity index (χ0v) is 21.7. The van der Waals surface area contributed by atoms with Gasteiger partial charge in [0, 0.05) is 48.2 Å². The van der Waals surface area contributed by atoms with Crippen molar-refractivity contribution in [3.63, 3.8) is 0 Å². The molecule has 3 rings (SSSR count). The van der Waals surface area contributed by atoms with Gasteiger partial charge < -0.3 is 19.9 Å². The zero-order chi connectivity index (χ0) is 24.7. The van der Waals surface area contributed by atoms with E-state index in [4.69, 9.17) is 4.74 Å². The molecule has 7 nitrogen and oxygen atoms in total. The summed E-state index contributed by atoms with van der Waals surface area (Å²) in [5, 5.41) is 2.93. The number of ether oxygens (including phenoxy) is 1. The molecule has 0 aliphatic carbocycles. The number of benzene rings is 2. The van der Waals surface area contributed by atoms with Gasteiger partial charge in [-0.25, -0.2) is 4.31 Å². The largest absolute Gasteiger partial charge is 0.497 e. The van der Waals surface area contributed by atoms with Gasteiger partial charge in [-0.2, -0.15) is 0 Å². The molecule has 2 aromatic carbocycles. The molecule has 2 amide bonds. The molecular formula is C26H36N4O3S. The molecule has 0 unspecified atom stereocenters. The average molecular weight is 485 g/mol. The van der Waals surface area contributed by atoms with Gasteiger partial charge in [0.05, 0.1) is 7.11 Å². The van der Waals surface area contributed by atoms with Gasteiger partial charge in [0.25, 0.3) is 5.91 Å². The minimum absolute atomic E-state index is 0.0521. The number of methoxy groups -OCH3 is 1. The number of piperidine rings is 1. The molecule has 0 bridgehead atoms. The van der Waals surface area contributed by atoms with Crippen molar-refractivity contribution in [3.8, 4) is 5.75 Å². The third-order valence-corrected chi connectivity index (χ3v) is 7.34. The van der Waals surface area contributed by atoms with E-state index in [9.17, 15) is 9.59 Å². The van der Waals surface area contributed by atoms with Crippen LogP contribution >= 0.6 is 11.9 Å². The van der Waals surface area contributed by atoms with Gasteiger partial charge in [-0.1, -0.05) is 0 Å². The fraction of sp³-hybridized carbons (Fsp3) is 0.462. The molecule has 0 radical (unpaired) electrons. The zero-order valence-electron chi connectivity index (χ0n) is 20.8. The van der Waals surface area contributed by atoms with Gasteiger partial charge in [0.15, 0.2) is 0 Å². The second-order valence-corrected chi connectivity index (χ2v) is 10.2. The lowest BCUT2D eigenvalue weighted by atomic mass is 10.0. The van der Waals surface area contributed by atoms with Crippen molar-refractivity contribution in [3.05, 3.63) is 53.6 Å². The number of carbonyl (C=O) groups is 2. The fourth-order valence-electron chi connectivity index (χ4n) is 4.01. The number of rotatable bonds is 9. The Morgan fingerprint density at radius 2 is 1.76 bits per heavy atom. The minimum Gasteiger partial charge on any atom is -0.497 e. The Bertz CT molecular complexity index is 973. The van der Waals surface area contributed by atoms with Gasteiger partial charge >= 0.3 is 0 Å². The number of nitrogens with one attached hydrogen (secondary N) is 1. The normalized spacial score (nSPS) is 14.5. The first kappa shape index (κ1) is 26.1. The number of carbonyl (C=O) groups excluding carboxylic acids is 2. The summed E-state index contributed by atoms with van der Waals surface area (Å²) in [6.07, 6.45) is 2.37. The first-order valence-electron chi connectivity index (χ1n) is 11.7. The molecule has 1 aliphatic heterocycles. The summed E-state index contributed by atoms with van der Waals surface area (Å²) in [4.78, 5) is 30.5. The molecule has 1 N–H and O–H groups in total. The van der Waals surface area contributed by atoms with E-state index in [1.54, 1.807) is 43.3 Å². The van der Waals surface area contributed by atoms with Gasteiger partial charge in [-0.3, -0.25) is 9.59 Å². The number of hydrogen-bond acceptors (Lipinski definition) is 6. The summed E-state index contributed by atoms with van der Waals surface area (Å²) in [7, 11) is 7.82. The number of nitrogens with zero attached hydrogens (tertiary/aromatic N) is 3. The Kier molecular flexibility index (Phi) is 9.38. The standard InChI is InChI=1S/C26H36N4O3S/c1-19-18-23(33-5)10-11-24(19)34-29(4)15-14-25(31)27-21-8-6-20(7-9-21)26(32)30-16-12-22(13-17-30)28(2)3/h6-11,18,22H,12-17H2,1-5H3,(H,27,31). The summed E-state index contributed by atoms with van der Waals surface area (Å²) in [5.74, 6) is 0.844. The maximum Gasteiger partial charge on any atom is 0.253 e. The Balaban J connectivity index is 1.44. The third kappa shape index (κ3) is 7.22. The summed E-state index contributed by atoms with van der Waals surface area (Å²) in [5.41, 5.74) is 2.50. The lowest BCUT2D eigenvalue weighted by molar-refractivity contribution is -0.116. The molecule has 1 saturated heterocycles. The number of likely N-dealkylation sites (tertiary alicyclic amines) is 1. The van der Waals surface area contributed by atoms with Gasteiger partial charge in [-0.05, 0) is 101 Å². The van der Waals surface area contributed by atoms with Crippen molar-refractivity contribution in [2.75, 3.05) is 53.2 Å². The SMILES string of the molecule is COc1ccc(SN(C)CCC(=O)Nc2ccc(C(=O)N3CCC(N(C)C)CC3)cc2)c(C)c1. The van der Waals surface area contributed by atoms with Gasteiger partial charge in [0.1, 0.15) is 5.75 Å². The highest BCUT2D eigenvalue weighted by Gasteiger charge is 2.24. The van der Waals surface area contributed by atoms with Crippen LogP contribution < -0.4 is 10.1 Å². The van der Waals surface area contributed by atoms with Crippen LogP contribution in [0.2, 0.25) is 0 Å². The van der Waals surface area contributed by atoms with Crippen LogP contribution in [0.5, 0.6) is 5.75 Å². The summed E-state index contributed by atoms with van der Waals surface area (Å²) < 4.78 is 7.31. The number of hydrogen-bond donors (Lipinski definition) is 1. The molecule has 0 saturated carbocycles. The fourth-order valence-corrected chi connectivity index (χ4v) is 4.86. The quantitative estimate of drug-likeness (QED) is 0.540. The highest BCUT2D eigenvalue weighted by atomic mass is 32.2. The number of aryl methyl sites for hydroxylation is 1. The molecule has 1 heterocycles. The first-order chi connectivity index (χ1) is 16.3. The average Bonchev–Trinajstić information content (AvgIpc) is 2.84. The summed E-state index contributed by atoms with van der Waals surface area (Å²) in [6.45, 7) is 4.22. The predicted molar refractivity (Wildman–Crippen MR) is 139 cm³/mol. The molecule has 184 valence electrons. The topological polar surface area (TPSA) is 65.1 Å². The van der Waals surface area contributed by atoms with Crippen LogP contribution in [0.3, 0.4) is 0 Å². The van der Waals surface area contributed by atoms with Crippen molar-refractivity contribution in [2.24, 2.45) is 0 Å². The Labute approximate surface area is 207 Å². The monoisotopic (exact) mass is 484 g/mol. The summed E-state index contributed by atoms with van der Waals surface area (Å²) >= 11 is 1.61. The Morgan fingerprint density at radius 3 is 2.35 bits per heavy atom. The van der Waals surface area contributed by atoms with Crippen molar-refractivity contribution >= 4 is 29.4 Å². The van der Waals surface area contributed by atoms with E-state index in [0.717, 1.165) is 42.1 Å². The van der Waals surface area contributed by atoms with Crippen molar-refractivity contribution < 1.29 is 14.3 Å². The van der Waals surface area contributed by atoms with Gasteiger partial charge in [-0.15, -0.1) is 0 Å². The molecule has 2 aromatic rings. The maximum absolute atomic E-state index is 12.8. The lowest BCUT2D eigenvalue weighted by Gasteiger charge is -2.35. The molecule has 1 fully saturated rings. The van der Waals surface area contributed by atoms with Crippen molar-refractivity contribution in [1.29, 1.82) is 0 Å². The molecule has 34 heavy (non-hydrogen) atoms. The van der Waals surface area contributed by atoms with Crippen LogP contribution in [0.1, 0.15) is 35.2 Å². The van der Waals surface area contributed by atoms with E-state index in [0.29, 0.717) is 30.3 Å².